The van der Waals surface area contributed by atoms with E-state index >= 15 is 0 Å². The Morgan fingerprint density at radius 3 is 2.55 bits per heavy atom. The van der Waals surface area contributed by atoms with Crippen LogP contribution in [0.1, 0.15) is 34.7 Å². The molecular formula is C21H27N5O3. The van der Waals surface area contributed by atoms with Crippen molar-refractivity contribution in [3.05, 3.63) is 47.3 Å². The molecule has 0 atom stereocenters. The van der Waals surface area contributed by atoms with E-state index in [1.807, 2.05) is 25.1 Å². The van der Waals surface area contributed by atoms with Crippen LogP contribution in [0.3, 0.4) is 0 Å². The second kappa shape index (κ2) is 8.75. The van der Waals surface area contributed by atoms with Crippen molar-refractivity contribution in [2.24, 2.45) is 0 Å². The number of hydrogen-bond acceptors (Lipinski definition) is 6. The Balaban J connectivity index is 1.26. The van der Waals surface area contributed by atoms with Crippen molar-refractivity contribution in [1.29, 1.82) is 0 Å². The molecule has 1 aromatic carbocycles. The van der Waals surface area contributed by atoms with E-state index in [-0.39, 0.29) is 17.9 Å². The third-order valence-electron chi connectivity index (χ3n) is 5.25. The van der Waals surface area contributed by atoms with Crippen LogP contribution in [0.2, 0.25) is 0 Å². The minimum Gasteiger partial charge on any atom is -0.360 e. The summed E-state index contributed by atoms with van der Waals surface area (Å²) in [6, 6.07) is 9.40. The lowest BCUT2D eigenvalue weighted by Gasteiger charge is -2.33. The fraction of sp³-hybridized carbons (Fsp3) is 0.476. The molecule has 2 heterocycles. The molecule has 2 N–H and O–H groups in total. The molecule has 1 saturated carbocycles. The maximum Gasteiger partial charge on any atom is 0.253 e. The van der Waals surface area contributed by atoms with E-state index in [1.165, 1.54) is 0 Å². The molecule has 2 aromatic rings. The van der Waals surface area contributed by atoms with Crippen molar-refractivity contribution < 1.29 is 14.1 Å². The van der Waals surface area contributed by atoms with Crippen LogP contribution in [0, 0.1) is 6.92 Å². The SMILES string of the molecule is Cc1cc(CN2CCN(CC(=O)Nc3ccccc3C(=O)NC3CC3)CC2)on1. The van der Waals surface area contributed by atoms with Crippen molar-refractivity contribution >= 4 is 17.5 Å². The summed E-state index contributed by atoms with van der Waals surface area (Å²) in [5, 5.41) is 9.80. The Labute approximate surface area is 170 Å². The van der Waals surface area contributed by atoms with Crippen LogP contribution in [0.15, 0.2) is 34.9 Å². The van der Waals surface area contributed by atoms with Gasteiger partial charge >= 0.3 is 0 Å². The highest BCUT2D eigenvalue weighted by atomic mass is 16.5. The number of nitrogens with zero attached hydrogens (tertiary/aromatic N) is 3. The van der Waals surface area contributed by atoms with Gasteiger partial charge < -0.3 is 15.2 Å². The molecule has 8 nitrogen and oxygen atoms in total. The summed E-state index contributed by atoms with van der Waals surface area (Å²) in [6.45, 7) is 6.32. The summed E-state index contributed by atoms with van der Waals surface area (Å²) in [4.78, 5) is 29.4. The van der Waals surface area contributed by atoms with Crippen molar-refractivity contribution in [2.75, 3.05) is 38.0 Å². The molecule has 154 valence electrons. The quantitative estimate of drug-likeness (QED) is 0.738. The number of amides is 2. The van der Waals surface area contributed by atoms with Crippen LogP contribution >= 0.6 is 0 Å². The highest BCUT2D eigenvalue weighted by molar-refractivity contribution is 6.04. The van der Waals surface area contributed by atoms with Gasteiger partial charge in [-0.15, -0.1) is 0 Å². The molecule has 1 saturated heterocycles. The third kappa shape index (κ3) is 5.42. The number of aryl methyl sites for hydroxylation is 1. The first-order chi connectivity index (χ1) is 14.1. The molecule has 2 aliphatic rings. The zero-order valence-electron chi connectivity index (χ0n) is 16.7. The highest BCUT2D eigenvalue weighted by Gasteiger charge is 2.25. The Morgan fingerprint density at radius 1 is 1.14 bits per heavy atom. The van der Waals surface area contributed by atoms with Crippen LogP contribution in [0.4, 0.5) is 5.69 Å². The van der Waals surface area contributed by atoms with E-state index in [0.717, 1.165) is 57.0 Å². The van der Waals surface area contributed by atoms with Gasteiger partial charge in [0.15, 0.2) is 5.76 Å². The number of aromatic nitrogens is 1. The molecule has 0 unspecified atom stereocenters. The lowest BCUT2D eigenvalue weighted by Crippen LogP contribution is -2.48. The van der Waals surface area contributed by atoms with E-state index < -0.39 is 0 Å². The number of carbonyl (C=O) groups excluding carboxylic acids is 2. The number of para-hydroxylation sites is 1. The van der Waals surface area contributed by atoms with Crippen LogP contribution in [-0.4, -0.2) is 65.5 Å². The van der Waals surface area contributed by atoms with Gasteiger partial charge in [-0.05, 0) is 31.9 Å². The summed E-state index contributed by atoms with van der Waals surface area (Å²) in [7, 11) is 0. The second-order valence-corrected chi connectivity index (χ2v) is 7.83. The molecule has 2 amide bonds. The average Bonchev–Trinajstić information content (AvgIpc) is 3.43. The monoisotopic (exact) mass is 397 g/mol. The van der Waals surface area contributed by atoms with Crippen LogP contribution in [0.25, 0.3) is 0 Å². The third-order valence-corrected chi connectivity index (χ3v) is 5.25. The Hall–Kier alpha value is -2.71. The maximum absolute atomic E-state index is 12.5. The summed E-state index contributed by atoms with van der Waals surface area (Å²) >= 11 is 0. The average molecular weight is 397 g/mol. The molecule has 2 fully saturated rings. The number of piperazine rings is 1. The summed E-state index contributed by atoms with van der Waals surface area (Å²) in [6.07, 6.45) is 2.06. The molecule has 8 heteroatoms. The molecule has 0 radical (unpaired) electrons. The van der Waals surface area contributed by atoms with Gasteiger partial charge in [-0.1, -0.05) is 17.3 Å². The van der Waals surface area contributed by atoms with Crippen LogP contribution in [0.5, 0.6) is 0 Å². The van der Waals surface area contributed by atoms with Crippen molar-refractivity contribution in [2.45, 2.75) is 32.4 Å². The number of rotatable bonds is 7. The smallest absolute Gasteiger partial charge is 0.253 e. The lowest BCUT2D eigenvalue weighted by molar-refractivity contribution is -0.117. The van der Waals surface area contributed by atoms with Gasteiger partial charge in [0, 0.05) is 38.3 Å². The summed E-state index contributed by atoms with van der Waals surface area (Å²) < 4.78 is 5.28. The number of nitrogens with one attached hydrogen (secondary N) is 2. The number of carbonyl (C=O) groups is 2. The normalized spacial score (nSPS) is 17.8. The fourth-order valence-electron chi connectivity index (χ4n) is 3.49. The van der Waals surface area contributed by atoms with Gasteiger partial charge in [-0.25, -0.2) is 0 Å². The first-order valence-corrected chi connectivity index (χ1v) is 10.1. The van der Waals surface area contributed by atoms with Gasteiger partial charge in [0.2, 0.25) is 5.91 Å². The van der Waals surface area contributed by atoms with Gasteiger partial charge in [0.1, 0.15) is 0 Å². The van der Waals surface area contributed by atoms with Crippen molar-refractivity contribution in [1.82, 2.24) is 20.3 Å². The van der Waals surface area contributed by atoms with Crippen LogP contribution < -0.4 is 10.6 Å². The van der Waals surface area contributed by atoms with Gasteiger partial charge in [0.25, 0.3) is 5.91 Å². The zero-order chi connectivity index (χ0) is 20.2. The number of hydrogen-bond donors (Lipinski definition) is 2. The number of anilines is 1. The predicted octanol–water partition coefficient (Wildman–Crippen LogP) is 1.63. The Kier molecular flexibility index (Phi) is 5.92. The molecule has 29 heavy (non-hydrogen) atoms. The first kappa shape index (κ1) is 19.6. The molecule has 4 rings (SSSR count). The molecule has 1 aliphatic heterocycles. The van der Waals surface area contributed by atoms with Gasteiger partial charge in [-0.2, -0.15) is 0 Å². The summed E-state index contributed by atoms with van der Waals surface area (Å²) in [5.41, 5.74) is 1.97. The standard InChI is InChI=1S/C21H27N5O3/c1-15-12-17(29-24-15)13-25-8-10-26(11-9-25)14-20(27)23-19-5-3-2-4-18(19)21(28)22-16-6-7-16/h2-5,12,16H,6-11,13-14H2,1H3,(H,22,28)(H,23,27). The topological polar surface area (TPSA) is 90.7 Å². The maximum atomic E-state index is 12.5. The molecule has 1 aromatic heterocycles. The van der Waals surface area contributed by atoms with E-state index in [9.17, 15) is 9.59 Å². The van der Waals surface area contributed by atoms with E-state index in [0.29, 0.717) is 17.8 Å². The first-order valence-electron chi connectivity index (χ1n) is 10.1. The number of benzene rings is 1. The van der Waals surface area contributed by atoms with Crippen molar-refractivity contribution in [3.8, 4) is 0 Å². The van der Waals surface area contributed by atoms with Crippen LogP contribution in [-0.2, 0) is 11.3 Å². The minimum absolute atomic E-state index is 0.101. The van der Waals surface area contributed by atoms with Gasteiger partial charge in [0.05, 0.1) is 30.0 Å². The predicted molar refractivity (Wildman–Crippen MR) is 109 cm³/mol. The summed E-state index contributed by atoms with van der Waals surface area (Å²) in [5.74, 6) is 0.644. The molecule has 0 bridgehead atoms. The van der Waals surface area contributed by atoms with E-state index in [1.54, 1.807) is 12.1 Å². The molecular weight excluding hydrogens is 370 g/mol. The molecule has 0 spiro atoms. The Bertz CT molecular complexity index is 869. The largest absolute Gasteiger partial charge is 0.360 e. The van der Waals surface area contributed by atoms with E-state index in [2.05, 4.69) is 25.6 Å². The molecule has 1 aliphatic carbocycles. The van der Waals surface area contributed by atoms with E-state index in [4.69, 9.17) is 4.52 Å². The van der Waals surface area contributed by atoms with Gasteiger partial charge in [-0.3, -0.25) is 19.4 Å². The lowest BCUT2D eigenvalue weighted by atomic mass is 10.1. The minimum atomic E-state index is -0.125. The second-order valence-electron chi connectivity index (χ2n) is 7.83. The zero-order valence-corrected chi connectivity index (χ0v) is 16.7. The Morgan fingerprint density at radius 2 is 1.86 bits per heavy atom. The van der Waals surface area contributed by atoms with Crippen molar-refractivity contribution in [3.63, 3.8) is 0 Å². The highest BCUT2D eigenvalue weighted by Crippen LogP contribution is 2.21. The fourth-order valence-corrected chi connectivity index (χ4v) is 3.49.